The molecule has 1 N–H and O–H groups in total. The van der Waals surface area contributed by atoms with E-state index >= 15 is 0 Å². The molecule has 0 saturated carbocycles. The summed E-state index contributed by atoms with van der Waals surface area (Å²) in [6.07, 6.45) is 2.21. The third-order valence-electron chi connectivity index (χ3n) is 2.70. The summed E-state index contributed by atoms with van der Waals surface area (Å²) in [6, 6.07) is 0.165. The van der Waals surface area contributed by atoms with E-state index in [1.807, 2.05) is 19.0 Å². The van der Waals surface area contributed by atoms with Crippen LogP contribution in [0.2, 0.25) is 4.47 Å². The van der Waals surface area contributed by atoms with Gasteiger partial charge in [0.2, 0.25) is 0 Å². The number of sulfonamides is 1. The standard InChI is InChI=1S/C11H20ClN3O2S2/c1-8(2)5-9(15(3)4)6-14-19(16,17)10-7-13-11(12)18-10/h7-9,14H,5-6H2,1-4H3. The van der Waals surface area contributed by atoms with Crippen molar-refractivity contribution in [3.63, 3.8) is 0 Å². The molecular formula is C11H20ClN3O2S2. The van der Waals surface area contributed by atoms with Crippen LogP contribution in [-0.2, 0) is 10.0 Å². The summed E-state index contributed by atoms with van der Waals surface area (Å²) >= 11 is 6.61. The molecule has 1 unspecified atom stereocenters. The Labute approximate surface area is 124 Å². The summed E-state index contributed by atoms with van der Waals surface area (Å²) in [5, 5.41) is 0. The monoisotopic (exact) mass is 325 g/mol. The Hall–Kier alpha value is -0.210. The highest BCUT2D eigenvalue weighted by atomic mass is 35.5. The number of aromatic nitrogens is 1. The molecule has 0 spiro atoms. The van der Waals surface area contributed by atoms with Crippen LogP contribution in [0.4, 0.5) is 0 Å². The molecule has 0 radical (unpaired) electrons. The average Bonchev–Trinajstić information content (AvgIpc) is 2.71. The predicted octanol–water partition coefficient (Wildman–Crippen LogP) is 2.05. The molecule has 1 rings (SSSR count). The molecule has 0 saturated heterocycles. The Morgan fingerprint density at radius 3 is 2.53 bits per heavy atom. The van der Waals surface area contributed by atoms with Crippen molar-refractivity contribution in [1.82, 2.24) is 14.6 Å². The van der Waals surface area contributed by atoms with E-state index in [9.17, 15) is 8.42 Å². The maximum Gasteiger partial charge on any atom is 0.251 e. The molecule has 0 bridgehead atoms. The van der Waals surface area contributed by atoms with Gasteiger partial charge in [-0.05, 0) is 26.4 Å². The molecule has 0 aromatic carbocycles. The molecule has 0 amide bonds. The van der Waals surface area contributed by atoms with Crippen LogP contribution in [-0.4, -0.2) is 45.0 Å². The highest BCUT2D eigenvalue weighted by Crippen LogP contribution is 2.22. The number of thiazole rings is 1. The van der Waals surface area contributed by atoms with Gasteiger partial charge in [-0.15, -0.1) is 0 Å². The minimum Gasteiger partial charge on any atom is -0.305 e. The molecule has 110 valence electrons. The van der Waals surface area contributed by atoms with Gasteiger partial charge in [0.25, 0.3) is 10.0 Å². The molecule has 19 heavy (non-hydrogen) atoms. The van der Waals surface area contributed by atoms with Gasteiger partial charge in [-0.3, -0.25) is 0 Å². The van der Waals surface area contributed by atoms with E-state index in [2.05, 4.69) is 23.6 Å². The summed E-state index contributed by atoms with van der Waals surface area (Å²) in [6.45, 7) is 4.62. The second kappa shape index (κ2) is 6.99. The van der Waals surface area contributed by atoms with Gasteiger partial charge in [0.15, 0.2) is 8.68 Å². The highest BCUT2D eigenvalue weighted by molar-refractivity contribution is 7.91. The number of nitrogens with zero attached hydrogens (tertiary/aromatic N) is 2. The van der Waals surface area contributed by atoms with Crippen molar-refractivity contribution < 1.29 is 8.42 Å². The fourth-order valence-electron chi connectivity index (χ4n) is 1.66. The number of halogens is 1. The van der Waals surface area contributed by atoms with Gasteiger partial charge in [-0.25, -0.2) is 18.1 Å². The minimum atomic E-state index is -3.51. The zero-order chi connectivity index (χ0) is 14.6. The van der Waals surface area contributed by atoms with Crippen molar-refractivity contribution in [3.05, 3.63) is 10.7 Å². The van der Waals surface area contributed by atoms with Crippen LogP contribution < -0.4 is 4.72 Å². The first-order valence-corrected chi connectivity index (χ1v) is 8.67. The van der Waals surface area contributed by atoms with Crippen molar-refractivity contribution in [3.8, 4) is 0 Å². The van der Waals surface area contributed by atoms with Crippen molar-refractivity contribution in [1.29, 1.82) is 0 Å². The Bertz CT molecular complexity index is 500. The molecule has 5 nitrogen and oxygen atoms in total. The highest BCUT2D eigenvalue weighted by Gasteiger charge is 2.21. The lowest BCUT2D eigenvalue weighted by molar-refractivity contribution is 0.255. The maximum absolute atomic E-state index is 12.0. The smallest absolute Gasteiger partial charge is 0.251 e. The Morgan fingerprint density at radius 1 is 1.47 bits per heavy atom. The molecule has 1 heterocycles. The second-order valence-electron chi connectivity index (χ2n) is 5.03. The molecule has 0 aliphatic rings. The fraction of sp³-hybridized carbons (Fsp3) is 0.727. The van der Waals surface area contributed by atoms with E-state index < -0.39 is 10.0 Å². The minimum absolute atomic E-state index is 0.152. The zero-order valence-corrected chi connectivity index (χ0v) is 13.9. The van der Waals surface area contributed by atoms with Gasteiger partial charge in [0, 0.05) is 12.6 Å². The van der Waals surface area contributed by atoms with E-state index in [0.717, 1.165) is 17.8 Å². The third kappa shape index (κ3) is 5.35. The molecule has 0 aliphatic carbocycles. The SMILES string of the molecule is CC(C)CC(CNS(=O)(=O)c1cnc(Cl)s1)N(C)C. The van der Waals surface area contributed by atoms with Crippen LogP contribution in [0.1, 0.15) is 20.3 Å². The van der Waals surface area contributed by atoms with Crippen LogP contribution in [0.3, 0.4) is 0 Å². The lowest BCUT2D eigenvalue weighted by Gasteiger charge is -2.26. The van der Waals surface area contributed by atoms with Crippen molar-refractivity contribution >= 4 is 33.0 Å². The maximum atomic E-state index is 12.0. The Kier molecular flexibility index (Phi) is 6.19. The first kappa shape index (κ1) is 16.8. The van der Waals surface area contributed by atoms with E-state index in [-0.39, 0.29) is 14.7 Å². The largest absolute Gasteiger partial charge is 0.305 e. The first-order valence-electron chi connectivity index (χ1n) is 5.99. The second-order valence-corrected chi connectivity index (χ2v) is 8.64. The first-order chi connectivity index (χ1) is 8.72. The van der Waals surface area contributed by atoms with Crippen LogP contribution in [0, 0.1) is 5.92 Å². The molecule has 8 heteroatoms. The van der Waals surface area contributed by atoms with Crippen molar-refractivity contribution in [2.45, 2.75) is 30.5 Å². The van der Waals surface area contributed by atoms with Crippen LogP contribution in [0.25, 0.3) is 0 Å². The summed E-state index contributed by atoms with van der Waals surface area (Å²) < 4.78 is 27.1. The number of hydrogen-bond donors (Lipinski definition) is 1. The van der Waals surface area contributed by atoms with E-state index in [1.54, 1.807) is 0 Å². The number of likely N-dealkylation sites (N-methyl/N-ethyl adjacent to an activating group) is 1. The van der Waals surface area contributed by atoms with Gasteiger partial charge in [0.05, 0.1) is 6.20 Å². The summed E-state index contributed by atoms with van der Waals surface area (Å²) in [5.74, 6) is 0.509. The third-order valence-corrected chi connectivity index (χ3v) is 5.70. The lowest BCUT2D eigenvalue weighted by Crippen LogP contribution is -2.40. The lowest BCUT2D eigenvalue weighted by atomic mass is 10.0. The average molecular weight is 326 g/mol. The number of rotatable bonds is 7. The Morgan fingerprint density at radius 2 is 2.11 bits per heavy atom. The molecule has 1 aromatic rings. The molecule has 1 aromatic heterocycles. The zero-order valence-electron chi connectivity index (χ0n) is 11.6. The topological polar surface area (TPSA) is 62.3 Å². The molecule has 1 atom stereocenters. The van der Waals surface area contributed by atoms with Crippen LogP contribution in [0.5, 0.6) is 0 Å². The van der Waals surface area contributed by atoms with E-state index in [4.69, 9.17) is 11.6 Å². The van der Waals surface area contributed by atoms with Crippen molar-refractivity contribution in [2.75, 3.05) is 20.6 Å². The van der Waals surface area contributed by atoms with Gasteiger partial charge < -0.3 is 4.90 Å². The quantitative estimate of drug-likeness (QED) is 0.833. The van der Waals surface area contributed by atoms with Crippen LogP contribution in [0.15, 0.2) is 10.4 Å². The van der Waals surface area contributed by atoms with Gasteiger partial charge in [0.1, 0.15) is 0 Å². The van der Waals surface area contributed by atoms with Gasteiger partial charge in [-0.1, -0.05) is 36.8 Å². The Balaban J connectivity index is 2.68. The molecule has 0 fully saturated rings. The van der Waals surface area contributed by atoms with Crippen LogP contribution >= 0.6 is 22.9 Å². The summed E-state index contributed by atoms with van der Waals surface area (Å²) in [7, 11) is 0.390. The predicted molar refractivity (Wildman–Crippen MR) is 79.2 cm³/mol. The number of hydrogen-bond acceptors (Lipinski definition) is 5. The summed E-state index contributed by atoms with van der Waals surface area (Å²) in [5.41, 5.74) is 0. The number of nitrogens with one attached hydrogen (secondary N) is 1. The fourth-order valence-corrected chi connectivity index (χ4v) is 4.07. The summed E-state index contributed by atoms with van der Waals surface area (Å²) in [4.78, 5) is 5.78. The van der Waals surface area contributed by atoms with E-state index in [0.29, 0.717) is 12.5 Å². The normalized spacial score (nSPS) is 14.3. The molecule has 0 aliphatic heterocycles. The van der Waals surface area contributed by atoms with Gasteiger partial charge in [-0.2, -0.15) is 0 Å². The van der Waals surface area contributed by atoms with Crippen molar-refractivity contribution in [2.24, 2.45) is 5.92 Å². The molecular weight excluding hydrogens is 306 g/mol. The van der Waals surface area contributed by atoms with Gasteiger partial charge >= 0.3 is 0 Å². The van der Waals surface area contributed by atoms with E-state index in [1.165, 1.54) is 6.20 Å².